The van der Waals surface area contributed by atoms with Gasteiger partial charge in [-0.2, -0.15) is 4.31 Å². The van der Waals surface area contributed by atoms with Crippen LogP contribution < -0.4 is 5.32 Å². The van der Waals surface area contributed by atoms with Gasteiger partial charge in [0.2, 0.25) is 10.0 Å². The van der Waals surface area contributed by atoms with E-state index in [-0.39, 0.29) is 6.04 Å². The maximum atomic E-state index is 13.0. The lowest BCUT2D eigenvalue weighted by atomic mass is 10.2. The van der Waals surface area contributed by atoms with Gasteiger partial charge in [-0.3, -0.25) is 4.98 Å². The molecule has 1 aliphatic heterocycles. The zero-order valence-electron chi connectivity index (χ0n) is 12.0. The highest BCUT2D eigenvalue weighted by atomic mass is 32.2. The number of hydrogen-bond donors (Lipinski definition) is 1. The van der Waals surface area contributed by atoms with Crippen LogP contribution in [0.3, 0.4) is 0 Å². The van der Waals surface area contributed by atoms with Crippen molar-refractivity contribution in [1.29, 1.82) is 0 Å². The zero-order valence-corrected chi connectivity index (χ0v) is 12.8. The first-order valence-electron chi connectivity index (χ1n) is 7.21. The van der Waals surface area contributed by atoms with Crippen LogP contribution >= 0.6 is 0 Å². The van der Waals surface area contributed by atoms with E-state index in [9.17, 15) is 8.42 Å². The van der Waals surface area contributed by atoms with Crippen molar-refractivity contribution in [2.75, 3.05) is 19.6 Å². The van der Waals surface area contributed by atoms with Crippen LogP contribution in [0.5, 0.6) is 0 Å². The molecular weight excluding hydrogens is 286 g/mol. The average molecular weight is 305 g/mol. The van der Waals surface area contributed by atoms with Gasteiger partial charge < -0.3 is 5.32 Å². The Hall–Kier alpha value is -1.50. The molecular formula is C15H19N3O2S. The molecule has 1 N–H and O–H groups in total. The molecule has 0 aliphatic carbocycles. The fourth-order valence-corrected chi connectivity index (χ4v) is 4.80. The number of nitrogens with zero attached hydrogens (tertiary/aromatic N) is 2. The highest BCUT2D eigenvalue weighted by Crippen LogP contribution is 2.26. The molecule has 5 nitrogen and oxygen atoms in total. The number of rotatable bonds is 4. The number of sulfonamides is 1. The Labute approximate surface area is 125 Å². The number of hydrogen-bond acceptors (Lipinski definition) is 4. The molecule has 1 atom stereocenters. The monoisotopic (exact) mass is 305 g/mol. The van der Waals surface area contributed by atoms with Crippen molar-refractivity contribution in [2.24, 2.45) is 0 Å². The smallest absolute Gasteiger partial charge is 0.244 e. The lowest BCUT2D eigenvalue weighted by Gasteiger charge is -2.26. The van der Waals surface area contributed by atoms with E-state index in [0.29, 0.717) is 22.3 Å². The Balaban J connectivity index is 2.11. The third-order valence-corrected chi connectivity index (χ3v) is 6.03. The molecule has 0 bridgehead atoms. The molecule has 1 aromatic carbocycles. The van der Waals surface area contributed by atoms with E-state index in [1.807, 2.05) is 19.1 Å². The Morgan fingerprint density at radius 3 is 2.90 bits per heavy atom. The molecule has 3 rings (SSSR count). The molecule has 2 aromatic rings. The van der Waals surface area contributed by atoms with Crippen molar-refractivity contribution in [1.82, 2.24) is 14.6 Å². The van der Waals surface area contributed by atoms with Crippen LogP contribution in [-0.2, 0) is 10.0 Å². The van der Waals surface area contributed by atoms with E-state index in [1.165, 1.54) is 0 Å². The topological polar surface area (TPSA) is 62.3 Å². The number of likely N-dealkylation sites (N-methyl/N-ethyl adjacent to an activating group) is 1. The van der Waals surface area contributed by atoms with Crippen molar-refractivity contribution >= 4 is 20.9 Å². The number of nitrogens with one attached hydrogen (secondary N) is 1. The lowest BCUT2D eigenvalue weighted by Crippen LogP contribution is -2.41. The van der Waals surface area contributed by atoms with Crippen molar-refractivity contribution in [2.45, 2.75) is 24.3 Å². The van der Waals surface area contributed by atoms with Crippen molar-refractivity contribution in [3.8, 4) is 0 Å². The van der Waals surface area contributed by atoms with Gasteiger partial charge in [-0.15, -0.1) is 0 Å². The molecule has 1 saturated heterocycles. The number of fused-ring (bicyclic) bond motifs is 1. The fourth-order valence-electron chi connectivity index (χ4n) is 2.94. The van der Waals surface area contributed by atoms with Gasteiger partial charge in [-0.05, 0) is 37.2 Å². The predicted octanol–water partition coefficient (Wildman–Crippen LogP) is 1.61. The van der Waals surface area contributed by atoms with Crippen LogP contribution in [0.1, 0.15) is 13.3 Å². The molecule has 112 valence electrons. The van der Waals surface area contributed by atoms with Gasteiger partial charge in [0.15, 0.2) is 0 Å². The molecule has 21 heavy (non-hydrogen) atoms. The Bertz CT molecular complexity index is 734. The summed E-state index contributed by atoms with van der Waals surface area (Å²) in [6.45, 7) is 3.95. The van der Waals surface area contributed by atoms with E-state index in [4.69, 9.17) is 0 Å². The number of benzene rings is 1. The molecule has 1 aliphatic rings. The minimum Gasteiger partial charge on any atom is -0.315 e. The fraction of sp³-hybridized carbons (Fsp3) is 0.400. The van der Waals surface area contributed by atoms with Gasteiger partial charge in [-0.25, -0.2) is 8.42 Å². The van der Waals surface area contributed by atoms with E-state index >= 15 is 0 Å². The van der Waals surface area contributed by atoms with Crippen molar-refractivity contribution in [3.05, 3.63) is 36.5 Å². The zero-order chi connectivity index (χ0) is 14.9. The molecule has 0 saturated carbocycles. The van der Waals surface area contributed by atoms with E-state index in [0.717, 1.165) is 19.5 Å². The third kappa shape index (κ3) is 2.54. The summed E-state index contributed by atoms with van der Waals surface area (Å²) in [6, 6.07) is 8.88. The summed E-state index contributed by atoms with van der Waals surface area (Å²) in [5.41, 5.74) is 0.708. The molecule has 1 unspecified atom stereocenters. The van der Waals surface area contributed by atoms with E-state index in [2.05, 4.69) is 10.3 Å². The van der Waals surface area contributed by atoms with Gasteiger partial charge in [0.1, 0.15) is 0 Å². The second kappa shape index (κ2) is 5.71. The molecule has 0 amide bonds. The summed E-state index contributed by atoms with van der Waals surface area (Å²) in [7, 11) is -3.51. The molecule has 1 aromatic heterocycles. The van der Waals surface area contributed by atoms with Gasteiger partial charge in [0, 0.05) is 30.7 Å². The third-order valence-electron chi connectivity index (χ3n) is 3.95. The summed E-state index contributed by atoms with van der Waals surface area (Å²) in [6.07, 6.45) is 2.54. The summed E-state index contributed by atoms with van der Waals surface area (Å²) < 4.78 is 27.7. The lowest BCUT2D eigenvalue weighted by molar-refractivity contribution is 0.349. The second-order valence-electron chi connectivity index (χ2n) is 5.18. The molecule has 1 fully saturated rings. The largest absolute Gasteiger partial charge is 0.315 e. The maximum Gasteiger partial charge on any atom is 0.244 e. The van der Waals surface area contributed by atoms with Gasteiger partial charge in [0.05, 0.1) is 10.4 Å². The number of pyridine rings is 1. The standard InChI is InChI=1S/C15H19N3O2S/c1-2-18(12-8-10-16-11-12)21(19,20)15-7-3-6-14-13(15)5-4-9-17-14/h3-7,9,12,16H,2,8,10-11H2,1H3. The van der Waals surface area contributed by atoms with Crippen molar-refractivity contribution in [3.63, 3.8) is 0 Å². The first-order valence-corrected chi connectivity index (χ1v) is 8.65. The molecule has 0 radical (unpaired) electrons. The van der Waals surface area contributed by atoms with Crippen LogP contribution in [-0.4, -0.2) is 43.4 Å². The summed E-state index contributed by atoms with van der Waals surface area (Å²) in [4.78, 5) is 4.59. The quantitative estimate of drug-likeness (QED) is 0.932. The van der Waals surface area contributed by atoms with Gasteiger partial charge >= 0.3 is 0 Å². The predicted molar refractivity (Wildman–Crippen MR) is 82.6 cm³/mol. The minimum atomic E-state index is -3.51. The van der Waals surface area contributed by atoms with Crippen LogP contribution in [0.25, 0.3) is 10.9 Å². The highest BCUT2D eigenvalue weighted by Gasteiger charge is 2.32. The SMILES string of the molecule is CCN(C1CCNC1)S(=O)(=O)c1cccc2ncccc12. The maximum absolute atomic E-state index is 13.0. The Kier molecular flexibility index (Phi) is 3.93. The van der Waals surface area contributed by atoms with Gasteiger partial charge in [0.25, 0.3) is 0 Å². The summed E-state index contributed by atoms with van der Waals surface area (Å²) >= 11 is 0. The van der Waals surface area contributed by atoms with Crippen LogP contribution in [0.15, 0.2) is 41.4 Å². The normalized spacial score (nSPS) is 19.4. The van der Waals surface area contributed by atoms with Gasteiger partial charge in [-0.1, -0.05) is 13.0 Å². The first kappa shape index (κ1) is 14.4. The second-order valence-corrected chi connectivity index (χ2v) is 7.04. The number of aromatic nitrogens is 1. The summed E-state index contributed by atoms with van der Waals surface area (Å²) in [5, 5.41) is 3.91. The van der Waals surface area contributed by atoms with Crippen LogP contribution in [0.2, 0.25) is 0 Å². The van der Waals surface area contributed by atoms with Crippen molar-refractivity contribution < 1.29 is 8.42 Å². The van der Waals surface area contributed by atoms with E-state index < -0.39 is 10.0 Å². The minimum absolute atomic E-state index is 0.0342. The molecule has 6 heteroatoms. The van der Waals surface area contributed by atoms with E-state index in [1.54, 1.807) is 28.7 Å². The van der Waals surface area contributed by atoms with Crippen LogP contribution in [0, 0.1) is 0 Å². The summed E-state index contributed by atoms with van der Waals surface area (Å²) in [5.74, 6) is 0. The Morgan fingerprint density at radius 1 is 1.33 bits per heavy atom. The average Bonchev–Trinajstić information content (AvgIpc) is 3.01. The van der Waals surface area contributed by atoms with Crippen LogP contribution in [0.4, 0.5) is 0 Å². The highest BCUT2D eigenvalue weighted by molar-refractivity contribution is 7.89. The Morgan fingerprint density at radius 2 is 2.19 bits per heavy atom. The molecule has 2 heterocycles. The molecule has 0 spiro atoms. The first-order chi connectivity index (χ1) is 10.1.